The average Bonchev–Trinajstić information content (AvgIpc) is 3.03. The van der Waals surface area contributed by atoms with Crippen LogP contribution in [0.3, 0.4) is 0 Å². The van der Waals surface area contributed by atoms with Crippen LogP contribution >= 0.6 is 22.9 Å². The molecular weight excluding hydrogens is 450 g/mol. The Balaban J connectivity index is 1.76. The van der Waals surface area contributed by atoms with E-state index in [9.17, 15) is 23.3 Å². The highest BCUT2D eigenvalue weighted by molar-refractivity contribution is 7.92. The van der Waals surface area contributed by atoms with Crippen LogP contribution < -0.4 is 5.32 Å². The summed E-state index contributed by atoms with van der Waals surface area (Å²) in [5, 5.41) is 12.8. The maximum Gasteiger partial charge on any atom is 0.410 e. The Morgan fingerprint density at radius 3 is 2.67 bits per heavy atom. The van der Waals surface area contributed by atoms with E-state index in [0.29, 0.717) is 23.6 Å². The predicted molar refractivity (Wildman–Crippen MR) is 112 cm³/mol. The first-order chi connectivity index (χ1) is 14.2. The lowest BCUT2D eigenvalue weighted by Gasteiger charge is -2.25. The zero-order valence-electron chi connectivity index (χ0n) is 16.0. The molecule has 0 fully saturated rings. The maximum absolute atomic E-state index is 12.4. The van der Waals surface area contributed by atoms with Crippen LogP contribution in [0.15, 0.2) is 29.2 Å². The van der Waals surface area contributed by atoms with E-state index >= 15 is 0 Å². The number of sulfone groups is 1. The van der Waals surface area contributed by atoms with E-state index < -0.39 is 27.6 Å². The molecule has 0 saturated heterocycles. The highest BCUT2D eigenvalue weighted by atomic mass is 35.5. The Bertz CT molecular complexity index is 1120. The number of nitrogens with one attached hydrogen (secondary N) is 1. The van der Waals surface area contributed by atoms with E-state index in [1.165, 1.54) is 29.2 Å². The number of ether oxygens (including phenoxy) is 1. The summed E-state index contributed by atoms with van der Waals surface area (Å²) in [4.78, 5) is 26.6. The number of thiophene rings is 1. The molecule has 0 spiro atoms. The summed E-state index contributed by atoms with van der Waals surface area (Å²) in [6, 6.07) is 7.61. The van der Waals surface area contributed by atoms with Crippen LogP contribution in [0.5, 0.6) is 0 Å². The molecule has 1 aromatic carbocycles. The third kappa shape index (κ3) is 4.75. The average molecular weight is 468 g/mol. The van der Waals surface area contributed by atoms with Gasteiger partial charge in [-0.25, -0.2) is 13.2 Å². The molecule has 2 aromatic rings. The van der Waals surface area contributed by atoms with Crippen molar-refractivity contribution in [1.29, 1.82) is 5.26 Å². The first-order valence-corrected chi connectivity index (χ1v) is 11.8. The number of amides is 2. The number of halogens is 1. The number of fused-ring (bicyclic) bond motifs is 1. The zero-order chi connectivity index (χ0) is 21.9. The zero-order valence-corrected chi connectivity index (χ0v) is 18.4. The number of nitrogens with zero attached hydrogens (tertiary/aromatic N) is 2. The molecule has 1 aromatic heterocycles. The van der Waals surface area contributed by atoms with Crippen LogP contribution in [0.1, 0.15) is 22.9 Å². The number of rotatable bonds is 5. The maximum atomic E-state index is 12.4. The van der Waals surface area contributed by atoms with Gasteiger partial charge in [-0.1, -0.05) is 11.6 Å². The largest absolute Gasteiger partial charge is 0.450 e. The lowest BCUT2D eigenvalue weighted by Crippen LogP contribution is -2.35. The third-order valence-corrected chi connectivity index (χ3v) is 7.46. The van der Waals surface area contributed by atoms with Gasteiger partial charge in [0.05, 0.1) is 23.6 Å². The molecule has 0 atom stereocenters. The molecule has 0 bridgehead atoms. The van der Waals surface area contributed by atoms with Crippen molar-refractivity contribution < 1.29 is 22.7 Å². The molecule has 2 amide bonds. The van der Waals surface area contributed by atoms with Gasteiger partial charge in [-0.3, -0.25) is 4.79 Å². The lowest BCUT2D eigenvalue weighted by molar-refractivity contribution is -0.113. The van der Waals surface area contributed by atoms with Gasteiger partial charge in [0.15, 0.2) is 9.84 Å². The van der Waals surface area contributed by atoms with Crippen molar-refractivity contribution in [3.63, 3.8) is 0 Å². The topological polar surface area (TPSA) is 117 Å². The molecule has 1 aliphatic heterocycles. The summed E-state index contributed by atoms with van der Waals surface area (Å²) in [7, 11) is -3.86. The van der Waals surface area contributed by atoms with E-state index in [1.54, 1.807) is 6.92 Å². The van der Waals surface area contributed by atoms with Crippen LogP contribution in [0, 0.1) is 11.3 Å². The second-order valence-electron chi connectivity index (χ2n) is 6.45. The fourth-order valence-electron chi connectivity index (χ4n) is 3.04. The molecule has 3 rings (SSSR count). The Kier molecular flexibility index (Phi) is 6.65. The second-order valence-corrected chi connectivity index (χ2v) is 9.98. The van der Waals surface area contributed by atoms with Gasteiger partial charge < -0.3 is 15.0 Å². The van der Waals surface area contributed by atoms with Gasteiger partial charge in [0.1, 0.15) is 16.8 Å². The minimum absolute atomic E-state index is 0.0156. The second kappa shape index (κ2) is 9.04. The number of carbonyl (C=O) groups excluding carboxylic acids is 2. The first-order valence-electron chi connectivity index (χ1n) is 8.99. The molecular formula is C19H18ClN3O5S2. The van der Waals surface area contributed by atoms with Crippen molar-refractivity contribution in [3.05, 3.63) is 45.3 Å². The van der Waals surface area contributed by atoms with Crippen molar-refractivity contribution in [3.8, 4) is 6.07 Å². The van der Waals surface area contributed by atoms with E-state index in [4.69, 9.17) is 16.3 Å². The fourth-order valence-corrected chi connectivity index (χ4v) is 5.53. The molecule has 2 heterocycles. The molecule has 0 unspecified atom stereocenters. The van der Waals surface area contributed by atoms with E-state index in [1.807, 2.05) is 0 Å². The van der Waals surface area contributed by atoms with Crippen LogP contribution in [-0.2, 0) is 32.3 Å². The third-order valence-electron chi connectivity index (χ3n) is 4.44. The summed E-state index contributed by atoms with van der Waals surface area (Å²) < 4.78 is 29.9. The number of hydrogen-bond donors (Lipinski definition) is 1. The molecule has 0 radical (unpaired) electrons. The van der Waals surface area contributed by atoms with Gasteiger partial charge >= 0.3 is 6.09 Å². The van der Waals surface area contributed by atoms with Crippen molar-refractivity contribution in [2.45, 2.75) is 24.8 Å². The summed E-state index contributed by atoms with van der Waals surface area (Å²) >= 11 is 6.93. The monoisotopic (exact) mass is 467 g/mol. The van der Waals surface area contributed by atoms with Crippen molar-refractivity contribution in [2.24, 2.45) is 0 Å². The van der Waals surface area contributed by atoms with Crippen LogP contribution in [0.4, 0.5) is 9.80 Å². The first kappa shape index (κ1) is 22.1. The Hall–Kier alpha value is -2.61. The van der Waals surface area contributed by atoms with Crippen molar-refractivity contribution in [2.75, 3.05) is 24.2 Å². The van der Waals surface area contributed by atoms with E-state index in [-0.39, 0.29) is 23.0 Å². The van der Waals surface area contributed by atoms with Gasteiger partial charge in [0.25, 0.3) is 0 Å². The van der Waals surface area contributed by atoms with Gasteiger partial charge in [-0.15, -0.1) is 11.3 Å². The Morgan fingerprint density at radius 1 is 1.33 bits per heavy atom. The van der Waals surface area contributed by atoms with Crippen LogP contribution in [0.25, 0.3) is 0 Å². The molecule has 158 valence electrons. The summed E-state index contributed by atoms with van der Waals surface area (Å²) in [5.74, 6) is -1.51. The Morgan fingerprint density at radius 2 is 2.03 bits per heavy atom. The van der Waals surface area contributed by atoms with E-state index in [0.717, 1.165) is 21.8 Å². The molecule has 0 aliphatic carbocycles. The molecule has 30 heavy (non-hydrogen) atoms. The number of benzene rings is 1. The fraction of sp³-hybridized carbons (Fsp3) is 0.316. The summed E-state index contributed by atoms with van der Waals surface area (Å²) in [6.45, 7) is 2.65. The van der Waals surface area contributed by atoms with Crippen LogP contribution in [0.2, 0.25) is 5.02 Å². The normalized spacial score (nSPS) is 13.3. The van der Waals surface area contributed by atoms with Gasteiger partial charge in [-0.05, 0) is 43.2 Å². The number of hydrogen-bond acceptors (Lipinski definition) is 7. The van der Waals surface area contributed by atoms with Gasteiger partial charge in [0, 0.05) is 16.4 Å². The lowest BCUT2D eigenvalue weighted by atomic mass is 10.0. The van der Waals surface area contributed by atoms with Crippen molar-refractivity contribution in [1.82, 2.24) is 4.90 Å². The molecule has 8 nitrogen and oxygen atoms in total. The van der Waals surface area contributed by atoms with E-state index in [2.05, 4.69) is 11.4 Å². The highest BCUT2D eigenvalue weighted by Gasteiger charge is 2.29. The quantitative estimate of drug-likeness (QED) is 0.721. The standard InChI is InChI=1S/C19H18ClN3O5S2/c1-2-28-19(25)23-8-7-14-15(9-21)18(29-16(14)10-23)22-17(24)11-30(26,27)13-5-3-12(20)4-6-13/h3-6H,2,7-8,10-11H2,1H3,(H,22,24). The molecule has 11 heteroatoms. The number of anilines is 1. The van der Waals surface area contributed by atoms with Crippen molar-refractivity contribution >= 4 is 49.8 Å². The predicted octanol–water partition coefficient (Wildman–Crippen LogP) is 3.20. The smallest absolute Gasteiger partial charge is 0.410 e. The molecule has 1 N–H and O–H groups in total. The Labute approximate surface area is 182 Å². The van der Waals surface area contributed by atoms with Gasteiger partial charge in [0.2, 0.25) is 5.91 Å². The number of nitriles is 1. The molecule has 0 saturated carbocycles. The summed E-state index contributed by atoms with van der Waals surface area (Å²) in [6.07, 6.45) is 0.0154. The van der Waals surface area contributed by atoms with Crippen LogP contribution in [-0.4, -0.2) is 44.2 Å². The summed E-state index contributed by atoms with van der Waals surface area (Å²) in [5.41, 5.74) is 1.06. The SMILES string of the molecule is CCOC(=O)N1CCc2c(sc(NC(=O)CS(=O)(=O)c3ccc(Cl)cc3)c2C#N)C1. The molecule has 1 aliphatic rings. The minimum atomic E-state index is -3.86. The number of carbonyl (C=O) groups is 2. The van der Waals surface area contributed by atoms with Gasteiger partial charge in [-0.2, -0.15) is 5.26 Å². The minimum Gasteiger partial charge on any atom is -0.450 e. The highest BCUT2D eigenvalue weighted by Crippen LogP contribution is 2.36.